The minimum atomic E-state index is 0.889. The highest BCUT2D eigenvalue weighted by atomic mass is 15.2. The Morgan fingerprint density at radius 2 is 2.00 bits per heavy atom. The highest BCUT2D eigenvalue weighted by Crippen LogP contribution is 2.44. The lowest BCUT2D eigenvalue weighted by atomic mass is 9.83. The van der Waals surface area contributed by atoms with Crippen LogP contribution >= 0.6 is 0 Å². The third kappa shape index (κ3) is 0.368. The molecule has 1 nitrogen and oxygen atoms in total. The van der Waals surface area contributed by atoms with E-state index in [2.05, 4.69) is 18.9 Å². The van der Waals surface area contributed by atoms with E-state index < -0.39 is 0 Å². The van der Waals surface area contributed by atoms with Gasteiger partial charge >= 0.3 is 0 Å². The molecule has 2 bridgehead atoms. The van der Waals surface area contributed by atoms with Crippen LogP contribution in [-0.2, 0) is 0 Å². The van der Waals surface area contributed by atoms with Gasteiger partial charge in [-0.2, -0.15) is 0 Å². The smallest absolute Gasteiger partial charge is 0.0102 e. The van der Waals surface area contributed by atoms with Crippen molar-refractivity contribution in [2.45, 2.75) is 31.8 Å². The highest BCUT2D eigenvalue weighted by molar-refractivity contribution is 5.00. The summed E-state index contributed by atoms with van der Waals surface area (Å²) in [6.07, 6.45) is 2.97. The van der Waals surface area contributed by atoms with Gasteiger partial charge < -0.3 is 4.90 Å². The zero-order chi connectivity index (χ0) is 5.72. The number of hydrogen-bond donors (Lipinski definition) is 0. The van der Waals surface area contributed by atoms with E-state index in [4.69, 9.17) is 0 Å². The van der Waals surface area contributed by atoms with Crippen molar-refractivity contribution in [3.8, 4) is 0 Å². The van der Waals surface area contributed by atoms with Gasteiger partial charge in [0.25, 0.3) is 0 Å². The van der Waals surface area contributed by atoms with Gasteiger partial charge in [-0.25, -0.2) is 0 Å². The fourth-order valence-electron chi connectivity index (χ4n) is 2.02. The lowest BCUT2D eigenvalue weighted by Crippen LogP contribution is -2.26. The third-order valence-electron chi connectivity index (χ3n) is 3.05. The minimum Gasteiger partial charge on any atom is -0.300 e. The average molecular weight is 111 g/mol. The van der Waals surface area contributed by atoms with E-state index in [1.807, 2.05) is 0 Å². The maximum atomic E-state index is 2.52. The molecule has 1 aliphatic carbocycles. The predicted molar refractivity (Wildman–Crippen MR) is 33.7 cm³/mol. The molecular formula is C7H13N. The van der Waals surface area contributed by atoms with Crippen LogP contribution in [0.1, 0.15) is 19.8 Å². The van der Waals surface area contributed by atoms with Crippen LogP contribution in [0.3, 0.4) is 0 Å². The molecule has 0 unspecified atom stereocenters. The Labute approximate surface area is 50.7 Å². The Hall–Kier alpha value is -0.0400. The maximum Gasteiger partial charge on any atom is 0.0102 e. The van der Waals surface area contributed by atoms with Crippen LogP contribution in [0.4, 0.5) is 0 Å². The van der Waals surface area contributed by atoms with E-state index >= 15 is 0 Å². The first kappa shape index (κ1) is 4.80. The Bertz CT molecular complexity index is 93.0. The second kappa shape index (κ2) is 1.27. The minimum absolute atomic E-state index is 0.889. The molecule has 1 atom stereocenters. The van der Waals surface area contributed by atoms with Crippen molar-refractivity contribution in [1.29, 1.82) is 0 Å². The topological polar surface area (TPSA) is 3.24 Å². The van der Waals surface area contributed by atoms with Gasteiger partial charge in [-0.3, -0.25) is 0 Å². The molecule has 3 aliphatic rings. The van der Waals surface area contributed by atoms with Crippen molar-refractivity contribution in [3.63, 3.8) is 0 Å². The summed E-state index contributed by atoms with van der Waals surface area (Å²) >= 11 is 0. The fraction of sp³-hybridized carbons (Fsp3) is 1.00. The summed E-state index contributed by atoms with van der Waals surface area (Å²) in [6, 6.07) is 1.86. The Morgan fingerprint density at radius 1 is 1.38 bits per heavy atom. The van der Waals surface area contributed by atoms with Gasteiger partial charge in [0.1, 0.15) is 0 Å². The lowest BCUT2D eigenvalue weighted by Gasteiger charge is -2.23. The van der Waals surface area contributed by atoms with Crippen LogP contribution in [0.15, 0.2) is 0 Å². The summed E-state index contributed by atoms with van der Waals surface area (Å²) in [7, 11) is 2.25. The Kier molecular flexibility index (Phi) is 0.762. The van der Waals surface area contributed by atoms with Gasteiger partial charge in [-0.05, 0) is 32.7 Å². The summed E-state index contributed by atoms with van der Waals surface area (Å²) in [5.74, 6) is 1.06. The Balaban J connectivity index is 2.16. The molecule has 2 aliphatic heterocycles. The van der Waals surface area contributed by atoms with Gasteiger partial charge in [0.15, 0.2) is 0 Å². The molecule has 1 saturated carbocycles. The first-order valence-corrected chi connectivity index (χ1v) is 3.51. The zero-order valence-corrected chi connectivity index (χ0v) is 5.59. The quantitative estimate of drug-likeness (QED) is 0.452. The van der Waals surface area contributed by atoms with Crippen LogP contribution in [0.2, 0.25) is 0 Å². The Morgan fingerprint density at radius 3 is 2.12 bits per heavy atom. The van der Waals surface area contributed by atoms with Gasteiger partial charge in [0.2, 0.25) is 0 Å². The van der Waals surface area contributed by atoms with Crippen molar-refractivity contribution in [3.05, 3.63) is 0 Å². The third-order valence-corrected chi connectivity index (χ3v) is 3.05. The second-order valence-corrected chi connectivity index (χ2v) is 3.29. The number of fused-ring (bicyclic) bond motifs is 1. The molecule has 0 aromatic rings. The van der Waals surface area contributed by atoms with Crippen LogP contribution in [0, 0.1) is 5.92 Å². The van der Waals surface area contributed by atoms with Crippen molar-refractivity contribution >= 4 is 0 Å². The molecule has 2 heterocycles. The molecule has 0 spiro atoms. The fourth-order valence-corrected chi connectivity index (χ4v) is 2.02. The molecule has 0 aromatic heterocycles. The summed E-state index contributed by atoms with van der Waals surface area (Å²) in [5, 5.41) is 0. The number of rotatable bonds is 0. The molecule has 0 aromatic carbocycles. The molecule has 3 rings (SSSR count). The molecule has 46 valence electrons. The zero-order valence-electron chi connectivity index (χ0n) is 5.59. The molecule has 0 N–H and O–H groups in total. The molecule has 3 fully saturated rings. The summed E-state index contributed by atoms with van der Waals surface area (Å²) in [5.41, 5.74) is 0. The number of hydrogen-bond acceptors (Lipinski definition) is 1. The summed E-state index contributed by atoms with van der Waals surface area (Å²) < 4.78 is 0. The van der Waals surface area contributed by atoms with Gasteiger partial charge in [0.05, 0.1) is 0 Å². The van der Waals surface area contributed by atoms with E-state index in [1.165, 1.54) is 12.8 Å². The van der Waals surface area contributed by atoms with E-state index in [-0.39, 0.29) is 0 Å². The first-order valence-electron chi connectivity index (χ1n) is 3.51. The second-order valence-electron chi connectivity index (χ2n) is 3.29. The van der Waals surface area contributed by atoms with Crippen molar-refractivity contribution in [1.82, 2.24) is 4.90 Å². The van der Waals surface area contributed by atoms with Crippen LogP contribution in [0.5, 0.6) is 0 Å². The molecule has 8 heavy (non-hydrogen) atoms. The molecule has 1 heteroatoms. The van der Waals surface area contributed by atoms with Crippen LogP contribution in [0.25, 0.3) is 0 Å². The van der Waals surface area contributed by atoms with Gasteiger partial charge in [-0.1, -0.05) is 0 Å². The normalized spacial score (nSPS) is 54.0. The molecular weight excluding hydrogens is 98.1 g/mol. The predicted octanol–water partition coefficient (Wildman–Crippen LogP) is 1.10. The molecule has 0 radical (unpaired) electrons. The summed E-state index contributed by atoms with van der Waals surface area (Å²) in [4.78, 5) is 2.52. The molecule has 2 saturated heterocycles. The van der Waals surface area contributed by atoms with Gasteiger partial charge in [-0.15, -0.1) is 0 Å². The van der Waals surface area contributed by atoms with Crippen molar-refractivity contribution in [2.24, 2.45) is 5.92 Å². The maximum absolute atomic E-state index is 2.52. The van der Waals surface area contributed by atoms with Crippen LogP contribution in [-0.4, -0.2) is 24.0 Å². The van der Waals surface area contributed by atoms with Crippen molar-refractivity contribution < 1.29 is 0 Å². The van der Waals surface area contributed by atoms with E-state index in [9.17, 15) is 0 Å². The lowest BCUT2D eigenvalue weighted by molar-refractivity contribution is 0.274. The molecule has 0 amide bonds. The summed E-state index contributed by atoms with van der Waals surface area (Å²) in [6.45, 7) is 2.34. The largest absolute Gasteiger partial charge is 0.300 e. The SMILES string of the molecule is C[C@@H]1C2CC(C2)N1C. The van der Waals surface area contributed by atoms with E-state index in [0.717, 1.165) is 18.0 Å². The number of nitrogens with zero attached hydrogens (tertiary/aromatic N) is 1. The standard InChI is InChI=1S/C7H13N/c1-5-6-3-7(4-6)8(5)2/h5-7H,3-4H2,1-2H3/t5-,6?,7?/m1/s1. The van der Waals surface area contributed by atoms with Crippen molar-refractivity contribution in [2.75, 3.05) is 7.05 Å². The van der Waals surface area contributed by atoms with Gasteiger partial charge in [0, 0.05) is 12.1 Å². The average Bonchev–Trinajstić information content (AvgIpc) is 1.89. The van der Waals surface area contributed by atoms with E-state index in [1.54, 1.807) is 0 Å². The highest BCUT2D eigenvalue weighted by Gasteiger charge is 2.45. The first-order chi connectivity index (χ1) is 3.79. The van der Waals surface area contributed by atoms with Crippen LogP contribution < -0.4 is 0 Å². The van der Waals surface area contributed by atoms with E-state index in [0.29, 0.717) is 0 Å². The monoisotopic (exact) mass is 111 g/mol.